The van der Waals surface area contributed by atoms with E-state index in [9.17, 15) is 4.79 Å². The van der Waals surface area contributed by atoms with Crippen molar-refractivity contribution < 1.29 is 19.0 Å². The Hall–Kier alpha value is -0.0800. The van der Waals surface area contributed by atoms with Crippen LogP contribution in [0, 0.1) is 0 Å². The third-order valence-corrected chi connectivity index (χ3v) is 4.02. The Balaban J connectivity index is 0.00000122. The summed E-state index contributed by atoms with van der Waals surface area (Å²) in [5.74, 6) is -0.0566. The summed E-state index contributed by atoms with van der Waals surface area (Å²) in [6, 6.07) is -0.202. The van der Waals surface area contributed by atoms with E-state index >= 15 is 0 Å². The first-order valence-electron chi connectivity index (χ1n) is 6.90. The molecule has 0 aromatic heterocycles. The third-order valence-electron chi connectivity index (χ3n) is 3.22. The first kappa shape index (κ1) is 20.9. The second-order valence-corrected chi connectivity index (χ2v) is 6.38. The standard InChI is InChI=1S/C13H23IN2O2.HO2P/c1-4-10(5-2)18-12-7-9(14)6-11(15)13(12)16-8(3)17;1-3-2/h7,10-13H,4-6,15H2,1-3H3,(H,16,17);(H,1,2)/t11-,12+,13+;/m0./s1. The first-order valence-corrected chi connectivity index (χ1v) is 8.74. The maximum Gasteiger partial charge on any atom is 0.324 e. The van der Waals surface area contributed by atoms with Crippen molar-refractivity contribution in [1.29, 1.82) is 0 Å². The lowest BCUT2D eigenvalue weighted by atomic mass is 9.93. The highest BCUT2D eigenvalue weighted by Gasteiger charge is 2.33. The van der Waals surface area contributed by atoms with Crippen molar-refractivity contribution in [2.24, 2.45) is 5.73 Å². The number of carbonyl (C=O) groups is 1. The topological polar surface area (TPSA) is 102 Å². The number of halogens is 1. The number of nitrogens with two attached hydrogens (primary N) is 1. The first-order chi connectivity index (χ1) is 9.89. The summed E-state index contributed by atoms with van der Waals surface area (Å²) in [5.41, 5.74) is 6.13. The van der Waals surface area contributed by atoms with E-state index in [1.807, 2.05) is 0 Å². The van der Waals surface area contributed by atoms with Gasteiger partial charge in [-0.15, -0.1) is 0 Å². The van der Waals surface area contributed by atoms with Crippen LogP contribution in [0.4, 0.5) is 0 Å². The molecule has 0 radical (unpaired) electrons. The fourth-order valence-corrected chi connectivity index (χ4v) is 3.06. The molecule has 0 bridgehead atoms. The van der Waals surface area contributed by atoms with Crippen molar-refractivity contribution in [2.75, 3.05) is 0 Å². The SMILES string of the molecule is CCC(CC)O[C@@H]1C=C(I)C[C@H](N)[C@H]1NC(C)=O.O=PO. The highest BCUT2D eigenvalue weighted by molar-refractivity contribution is 14.1. The summed E-state index contributed by atoms with van der Waals surface area (Å²) in [4.78, 5) is 18.3. The molecule has 0 heterocycles. The van der Waals surface area contributed by atoms with Crippen molar-refractivity contribution in [3.63, 3.8) is 0 Å². The Kier molecular flexibility index (Phi) is 11.4. The van der Waals surface area contributed by atoms with Gasteiger partial charge < -0.3 is 20.7 Å². The van der Waals surface area contributed by atoms with Gasteiger partial charge in [0, 0.05) is 13.0 Å². The highest BCUT2D eigenvalue weighted by Crippen LogP contribution is 2.26. The average molecular weight is 430 g/mol. The van der Waals surface area contributed by atoms with Gasteiger partial charge in [-0.3, -0.25) is 4.79 Å². The van der Waals surface area contributed by atoms with Crippen LogP contribution < -0.4 is 11.1 Å². The Morgan fingerprint density at radius 1 is 1.62 bits per heavy atom. The lowest BCUT2D eigenvalue weighted by Crippen LogP contribution is -2.56. The van der Waals surface area contributed by atoms with Crippen LogP contribution in [0.25, 0.3) is 0 Å². The van der Waals surface area contributed by atoms with Crippen LogP contribution in [-0.2, 0) is 14.1 Å². The second kappa shape index (κ2) is 11.5. The van der Waals surface area contributed by atoms with Crippen LogP contribution in [-0.4, -0.2) is 35.1 Å². The number of rotatable bonds is 5. The quantitative estimate of drug-likeness (QED) is 0.459. The average Bonchev–Trinajstić information content (AvgIpc) is 2.40. The van der Waals surface area contributed by atoms with Gasteiger partial charge in [-0.05, 0) is 51.5 Å². The molecule has 0 unspecified atom stereocenters. The molecule has 0 aromatic carbocycles. The molecule has 8 heteroatoms. The van der Waals surface area contributed by atoms with Crippen molar-refractivity contribution in [3.8, 4) is 0 Å². The zero-order valence-electron chi connectivity index (χ0n) is 12.6. The van der Waals surface area contributed by atoms with Gasteiger partial charge >= 0.3 is 8.69 Å². The number of hydrogen-bond donors (Lipinski definition) is 3. The molecule has 0 aromatic rings. The second-order valence-electron chi connectivity index (χ2n) is 4.83. The molecule has 0 aliphatic heterocycles. The Morgan fingerprint density at radius 2 is 2.14 bits per heavy atom. The van der Waals surface area contributed by atoms with Gasteiger partial charge in [-0.2, -0.15) is 0 Å². The normalized spacial score (nSPS) is 25.1. The largest absolute Gasteiger partial charge is 0.369 e. The van der Waals surface area contributed by atoms with Gasteiger partial charge in [0.2, 0.25) is 5.91 Å². The minimum atomic E-state index is -0.833. The van der Waals surface area contributed by atoms with E-state index in [1.54, 1.807) is 0 Å². The Labute approximate surface area is 141 Å². The molecule has 0 fully saturated rings. The molecular formula is C13H24IN2O4P. The van der Waals surface area contributed by atoms with E-state index in [1.165, 1.54) is 10.5 Å². The van der Waals surface area contributed by atoms with Gasteiger partial charge in [0.1, 0.15) is 0 Å². The summed E-state index contributed by atoms with van der Waals surface area (Å²) in [6.07, 6.45) is 4.93. The van der Waals surface area contributed by atoms with Crippen molar-refractivity contribution in [2.45, 2.75) is 64.3 Å². The minimum absolute atomic E-state index is 0.0566. The minimum Gasteiger partial charge on any atom is -0.369 e. The molecule has 1 rings (SSSR count). The number of amides is 1. The maximum atomic E-state index is 11.3. The molecule has 0 saturated heterocycles. The zero-order valence-corrected chi connectivity index (χ0v) is 15.6. The molecule has 0 spiro atoms. The fraction of sp³-hybridized carbons (Fsp3) is 0.769. The van der Waals surface area contributed by atoms with Gasteiger partial charge in [0.25, 0.3) is 0 Å². The van der Waals surface area contributed by atoms with Crippen molar-refractivity contribution >= 4 is 37.2 Å². The van der Waals surface area contributed by atoms with Crippen LogP contribution in [0.1, 0.15) is 40.0 Å². The van der Waals surface area contributed by atoms with E-state index in [0.29, 0.717) is 0 Å². The van der Waals surface area contributed by atoms with E-state index in [4.69, 9.17) is 19.9 Å². The predicted octanol–water partition coefficient (Wildman–Crippen LogP) is 2.30. The van der Waals surface area contributed by atoms with Crippen molar-refractivity contribution in [3.05, 3.63) is 9.66 Å². The number of ether oxygens (including phenoxy) is 1. The monoisotopic (exact) mass is 430 g/mol. The van der Waals surface area contributed by atoms with E-state index < -0.39 is 8.69 Å². The third kappa shape index (κ3) is 8.21. The highest BCUT2D eigenvalue weighted by atomic mass is 127. The molecule has 6 nitrogen and oxygen atoms in total. The summed E-state index contributed by atoms with van der Waals surface area (Å²) >= 11 is 2.29. The zero-order chi connectivity index (χ0) is 16.4. The van der Waals surface area contributed by atoms with Gasteiger partial charge in [0.15, 0.2) is 0 Å². The van der Waals surface area contributed by atoms with Crippen LogP contribution in [0.3, 0.4) is 0 Å². The maximum absolute atomic E-state index is 11.3. The molecule has 3 atom stereocenters. The van der Waals surface area contributed by atoms with E-state index in [-0.39, 0.29) is 30.2 Å². The van der Waals surface area contributed by atoms with Crippen molar-refractivity contribution in [1.82, 2.24) is 5.32 Å². The molecule has 1 amide bonds. The van der Waals surface area contributed by atoms with Crippen LogP contribution in [0.2, 0.25) is 0 Å². The fourth-order valence-electron chi connectivity index (χ4n) is 2.20. The summed E-state index contributed by atoms with van der Waals surface area (Å²) in [5, 5.41) is 2.92. The summed E-state index contributed by atoms with van der Waals surface area (Å²) in [7, 11) is -0.833. The molecule has 4 N–H and O–H groups in total. The summed E-state index contributed by atoms with van der Waals surface area (Å²) < 4.78 is 15.7. The summed E-state index contributed by atoms with van der Waals surface area (Å²) in [6.45, 7) is 5.74. The smallest absolute Gasteiger partial charge is 0.324 e. The molecule has 122 valence electrons. The van der Waals surface area contributed by atoms with Gasteiger partial charge in [0.05, 0.1) is 18.2 Å². The molecular weight excluding hydrogens is 406 g/mol. The molecule has 21 heavy (non-hydrogen) atoms. The van der Waals surface area contributed by atoms with Crippen LogP contribution >= 0.6 is 31.3 Å². The van der Waals surface area contributed by atoms with Gasteiger partial charge in [-0.25, -0.2) is 4.57 Å². The van der Waals surface area contributed by atoms with Gasteiger partial charge in [-0.1, -0.05) is 13.8 Å². The number of hydrogen-bond acceptors (Lipinski definition) is 4. The van der Waals surface area contributed by atoms with E-state index in [2.05, 4.69) is 47.8 Å². The van der Waals surface area contributed by atoms with E-state index in [0.717, 1.165) is 19.3 Å². The van der Waals surface area contributed by atoms with Crippen LogP contribution in [0.15, 0.2) is 9.66 Å². The lowest BCUT2D eigenvalue weighted by Gasteiger charge is -2.36. The molecule has 0 saturated carbocycles. The predicted molar refractivity (Wildman–Crippen MR) is 91.4 cm³/mol. The molecule has 1 aliphatic rings. The Morgan fingerprint density at radius 3 is 2.57 bits per heavy atom. The lowest BCUT2D eigenvalue weighted by molar-refractivity contribution is -0.121. The Bertz CT molecular complexity index is 364. The number of nitrogens with one attached hydrogen (secondary N) is 1. The van der Waals surface area contributed by atoms with Crippen LogP contribution in [0.5, 0.6) is 0 Å². The number of carbonyl (C=O) groups excluding carboxylic acids is 1. The molecule has 1 aliphatic carbocycles.